The fourth-order valence-electron chi connectivity index (χ4n) is 2.46. The zero-order valence-electron chi connectivity index (χ0n) is 15.7. The number of hydrogen-bond acceptors (Lipinski definition) is 5. The van der Waals surface area contributed by atoms with Crippen molar-refractivity contribution in [3.63, 3.8) is 0 Å². The zero-order valence-corrected chi connectivity index (χ0v) is 16.5. The number of amidine groups is 1. The van der Waals surface area contributed by atoms with Crippen molar-refractivity contribution >= 4 is 34.9 Å². The highest BCUT2D eigenvalue weighted by molar-refractivity contribution is 8.18. The van der Waals surface area contributed by atoms with Crippen LogP contribution >= 0.6 is 11.8 Å². The summed E-state index contributed by atoms with van der Waals surface area (Å²) in [5, 5.41) is 0.800. The molecule has 1 aliphatic rings. The first-order valence-electron chi connectivity index (χ1n) is 9.05. The number of unbranched alkanes of at least 4 members (excludes halogenated alkanes) is 2. The first-order valence-corrected chi connectivity index (χ1v) is 9.86. The van der Waals surface area contributed by atoms with Crippen LogP contribution in [0.15, 0.2) is 34.2 Å². The van der Waals surface area contributed by atoms with Gasteiger partial charge in [-0.2, -0.15) is 0 Å². The van der Waals surface area contributed by atoms with E-state index in [0.717, 1.165) is 43.0 Å². The van der Waals surface area contributed by atoms with Crippen LogP contribution in [-0.2, 0) is 9.53 Å². The lowest BCUT2D eigenvalue weighted by molar-refractivity contribution is -0.122. The average molecular weight is 375 g/mol. The molecule has 0 unspecified atom stereocenters. The van der Waals surface area contributed by atoms with Gasteiger partial charge in [-0.05, 0) is 48.4 Å². The summed E-state index contributed by atoms with van der Waals surface area (Å²) in [5.74, 6) is -0.359. The fraction of sp³-hybridized carbons (Fsp3) is 0.450. The molecule has 0 bridgehead atoms. The Balaban J connectivity index is 2.19. The number of benzene rings is 1. The topological polar surface area (TPSA) is 59.0 Å². The van der Waals surface area contributed by atoms with E-state index in [1.165, 1.54) is 18.9 Å². The maximum absolute atomic E-state index is 12.8. The lowest BCUT2D eigenvalue weighted by atomic mass is 10.1. The third kappa shape index (κ3) is 5.21. The lowest BCUT2D eigenvalue weighted by Crippen LogP contribution is -2.30. The van der Waals surface area contributed by atoms with Crippen LogP contribution < -0.4 is 0 Å². The van der Waals surface area contributed by atoms with Crippen molar-refractivity contribution in [1.82, 2.24) is 4.90 Å². The van der Waals surface area contributed by atoms with Gasteiger partial charge in [-0.15, -0.1) is 0 Å². The van der Waals surface area contributed by atoms with E-state index in [0.29, 0.717) is 17.0 Å². The van der Waals surface area contributed by atoms with Gasteiger partial charge in [0.05, 0.1) is 17.6 Å². The minimum Gasteiger partial charge on any atom is -0.465 e. The summed E-state index contributed by atoms with van der Waals surface area (Å²) in [6, 6.07) is 7.03. The monoisotopic (exact) mass is 374 g/mol. The Hall–Kier alpha value is -2.08. The second-order valence-electron chi connectivity index (χ2n) is 6.05. The predicted molar refractivity (Wildman–Crippen MR) is 107 cm³/mol. The Bertz CT molecular complexity index is 696. The SMILES string of the molecule is CCCCN=C1SC(=Cc2ccc(C(=O)OC)cc2)C(=O)N1CCCC. The summed E-state index contributed by atoms with van der Waals surface area (Å²) in [7, 11) is 1.36. The molecule has 6 heteroatoms. The molecule has 1 amide bonds. The Morgan fingerprint density at radius 2 is 1.88 bits per heavy atom. The molecule has 0 N–H and O–H groups in total. The van der Waals surface area contributed by atoms with Crippen LogP contribution in [0, 0.1) is 0 Å². The zero-order chi connectivity index (χ0) is 18.9. The molecule has 1 aromatic carbocycles. The van der Waals surface area contributed by atoms with Gasteiger partial charge >= 0.3 is 5.97 Å². The van der Waals surface area contributed by atoms with Crippen molar-refractivity contribution in [2.24, 2.45) is 4.99 Å². The van der Waals surface area contributed by atoms with Crippen LogP contribution in [0.1, 0.15) is 55.5 Å². The summed E-state index contributed by atoms with van der Waals surface area (Å²) < 4.78 is 4.70. The quantitative estimate of drug-likeness (QED) is 0.386. The van der Waals surface area contributed by atoms with Gasteiger partial charge < -0.3 is 4.74 Å². The minimum absolute atomic E-state index is 0.00995. The maximum atomic E-state index is 12.8. The van der Waals surface area contributed by atoms with Gasteiger partial charge in [0.15, 0.2) is 5.17 Å². The van der Waals surface area contributed by atoms with Crippen molar-refractivity contribution < 1.29 is 14.3 Å². The molecule has 0 aromatic heterocycles. The highest BCUT2D eigenvalue weighted by Gasteiger charge is 2.32. The number of amides is 1. The Labute approximate surface area is 159 Å². The Kier molecular flexibility index (Phi) is 7.91. The standard InChI is InChI=1S/C20H26N2O3S/c1-4-6-12-21-20-22(13-7-5-2)18(23)17(26-20)14-15-8-10-16(11-9-15)19(24)25-3/h8-11,14H,4-7,12-13H2,1-3H3. The molecule has 140 valence electrons. The average Bonchev–Trinajstić information content (AvgIpc) is 2.95. The summed E-state index contributed by atoms with van der Waals surface area (Å²) in [5.41, 5.74) is 1.37. The largest absolute Gasteiger partial charge is 0.465 e. The molecule has 0 aliphatic carbocycles. The van der Waals surface area contributed by atoms with E-state index >= 15 is 0 Å². The van der Waals surface area contributed by atoms with E-state index in [9.17, 15) is 9.59 Å². The van der Waals surface area contributed by atoms with Crippen molar-refractivity contribution in [3.8, 4) is 0 Å². The van der Waals surface area contributed by atoms with Gasteiger partial charge in [0.1, 0.15) is 0 Å². The second-order valence-corrected chi connectivity index (χ2v) is 7.06. The molecule has 1 fully saturated rings. The highest BCUT2D eigenvalue weighted by Crippen LogP contribution is 2.32. The van der Waals surface area contributed by atoms with E-state index in [4.69, 9.17) is 4.74 Å². The molecule has 1 aromatic rings. The fourth-order valence-corrected chi connectivity index (χ4v) is 3.49. The normalized spacial score (nSPS) is 17.3. The molecule has 0 saturated carbocycles. The van der Waals surface area contributed by atoms with Gasteiger partial charge in [0.25, 0.3) is 5.91 Å². The van der Waals surface area contributed by atoms with Gasteiger partial charge in [0.2, 0.25) is 0 Å². The van der Waals surface area contributed by atoms with Gasteiger partial charge in [-0.1, -0.05) is 38.8 Å². The van der Waals surface area contributed by atoms with E-state index in [1.54, 1.807) is 17.0 Å². The number of ether oxygens (including phenoxy) is 1. The lowest BCUT2D eigenvalue weighted by Gasteiger charge is -2.14. The molecule has 0 atom stereocenters. The number of esters is 1. The van der Waals surface area contributed by atoms with E-state index in [2.05, 4.69) is 18.8 Å². The van der Waals surface area contributed by atoms with Gasteiger partial charge in [0, 0.05) is 13.1 Å². The predicted octanol–water partition coefficient (Wildman–Crippen LogP) is 4.35. The molecule has 2 rings (SSSR count). The minimum atomic E-state index is -0.369. The molecular formula is C20H26N2O3S. The number of thioether (sulfide) groups is 1. The molecule has 5 nitrogen and oxygen atoms in total. The molecule has 1 aliphatic heterocycles. The molecule has 1 saturated heterocycles. The van der Waals surface area contributed by atoms with Crippen molar-refractivity contribution in [1.29, 1.82) is 0 Å². The summed E-state index contributed by atoms with van der Waals surface area (Å²) >= 11 is 1.43. The second kappa shape index (κ2) is 10.2. The number of hydrogen-bond donors (Lipinski definition) is 0. The van der Waals surface area contributed by atoms with Crippen molar-refractivity contribution in [2.45, 2.75) is 39.5 Å². The van der Waals surface area contributed by atoms with Crippen molar-refractivity contribution in [2.75, 3.05) is 20.2 Å². The van der Waals surface area contributed by atoms with Gasteiger partial charge in [-0.25, -0.2) is 4.79 Å². The van der Waals surface area contributed by atoms with E-state index < -0.39 is 0 Å². The van der Waals surface area contributed by atoms with Crippen LogP contribution in [0.25, 0.3) is 6.08 Å². The first-order chi connectivity index (χ1) is 12.6. The smallest absolute Gasteiger partial charge is 0.337 e. The summed E-state index contributed by atoms with van der Waals surface area (Å²) in [4.78, 5) is 31.4. The van der Waals surface area contributed by atoms with Gasteiger partial charge in [-0.3, -0.25) is 14.7 Å². The van der Waals surface area contributed by atoms with Crippen LogP contribution in [0.5, 0.6) is 0 Å². The number of carbonyl (C=O) groups excluding carboxylic acids is 2. The summed E-state index contributed by atoms with van der Waals surface area (Å²) in [6.45, 7) is 5.69. The van der Waals surface area contributed by atoms with E-state index in [1.807, 2.05) is 18.2 Å². The van der Waals surface area contributed by atoms with Crippen LogP contribution in [-0.4, -0.2) is 42.1 Å². The maximum Gasteiger partial charge on any atom is 0.337 e. The van der Waals surface area contributed by atoms with Crippen LogP contribution in [0.2, 0.25) is 0 Å². The molecule has 1 heterocycles. The van der Waals surface area contributed by atoms with Crippen molar-refractivity contribution in [3.05, 3.63) is 40.3 Å². The Morgan fingerprint density at radius 3 is 2.50 bits per heavy atom. The van der Waals surface area contributed by atoms with Crippen LogP contribution in [0.3, 0.4) is 0 Å². The number of aliphatic imine (C=N–C) groups is 1. The molecule has 26 heavy (non-hydrogen) atoms. The molecular weight excluding hydrogens is 348 g/mol. The summed E-state index contributed by atoms with van der Waals surface area (Å²) in [6.07, 6.45) is 5.95. The molecule has 0 spiro atoms. The molecule has 0 radical (unpaired) electrons. The first kappa shape index (κ1) is 20.2. The number of methoxy groups -OCH3 is 1. The Morgan fingerprint density at radius 1 is 1.19 bits per heavy atom. The van der Waals surface area contributed by atoms with E-state index in [-0.39, 0.29) is 11.9 Å². The number of carbonyl (C=O) groups is 2. The third-order valence-corrected chi connectivity index (χ3v) is 5.06. The van der Waals surface area contributed by atoms with Crippen LogP contribution in [0.4, 0.5) is 0 Å². The highest BCUT2D eigenvalue weighted by atomic mass is 32.2. The number of nitrogens with zero attached hydrogens (tertiary/aromatic N) is 2. The third-order valence-electron chi connectivity index (χ3n) is 4.01. The number of rotatable bonds is 8.